The molecule has 3 N–H and O–H groups in total. The highest BCUT2D eigenvalue weighted by Gasteiger charge is 2.20. The number of aryl methyl sites for hydroxylation is 1. The zero-order chi connectivity index (χ0) is 13.1. The van der Waals surface area contributed by atoms with Crippen molar-refractivity contribution in [3.05, 3.63) is 35.1 Å². The monoisotopic (exact) mass is 286 g/mol. The van der Waals surface area contributed by atoms with E-state index in [1.807, 2.05) is 0 Å². The molecule has 1 aromatic carbocycles. The van der Waals surface area contributed by atoms with Crippen LogP contribution in [-0.2, 0) is 0 Å². The van der Waals surface area contributed by atoms with Crippen molar-refractivity contribution in [1.29, 1.82) is 0 Å². The van der Waals surface area contributed by atoms with E-state index in [1.54, 1.807) is 13.0 Å². The average molecular weight is 287 g/mol. The molecule has 1 fully saturated rings. The van der Waals surface area contributed by atoms with E-state index in [4.69, 9.17) is 5.73 Å². The first-order valence-corrected chi connectivity index (χ1v) is 6.39. The SMILES string of the molecule is Cc1cc(C(=O)NC2CCC(N)CC2)ccc1F.Cl. The maximum absolute atomic E-state index is 13.1. The zero-order valence-corrected chi connectivity index (χ0v) is 11.8. The first kappa shape index (κ1) is 15.9. The topological polar surface area (TPSA) is 55.1 Å². The lowest BCUT2D eigenvalue weighted by atomic mass is 9.91. The Bertz CT molecular complexity index is 445. The summed E-state index contributed by atoms with van der Waals surface area (Å²) in [4.78, 5) is 12.0. The van der Waals surface area contributed by atoms with Gasteiger partial charge in [0.2, 0.25) is 0 Å². The smallest absolute Gasteiger partial charge is 0.251 e. The average Bonchev–Trinajstić information content (AvgIpc) is 2.35. The lowest BCUT2D eigenvalue weighted by Gasteiger charge is -2.26. The van der Waals surface area contributed by atoms with Crippen LogP contribution in [0, 0.1) is 12.7 Å². The highest BCUT2D eigenvalue weighted by atomic mass is 35.5. The Hall–Kier alpha value is -1.13. The maximum atomic E-state index is 13.1. The number of nitrogens with one attached hydrogen (secondary N) is 1. The lowest BCUT2D eigenvalue weighted by Crippen LogP contribution is -2.40. The summed E-state index contributed by atoms with van der Waals surface area (Å²) in [5.41, 5.74) is 6.83. The van der Waals surface area contributed by atoms with Crippen molar-refractivity contribution in [2.45, 2.75) is 44.7 Å². The summed E-state index contributed by atoms with van der Waals surface area (Å²) in [5, 5.41) is 2.99. The van der Waals surface area contributed by atoms with E-state index in [-0.39, 0.29) is 36.2 Å². The molecule has 1 aliphatic rings. The number of benzene rings is 1. The van der Waals surface area contributed by atoms with Crippen molar-refractivity contribution in [2.75, 3.05) is 0 Å². The summed E-state index contributed by atoms with van der Waals surface area (Å²) in [6.45, 7) is 1.66. The molecule has 106 valence electrons. The van der Waals surface area contributed by atoms with Crippen molar-refractivity contribution in [3.63, 3.8) is 0 Å². The van der Waals surface area contributed by atoms with Gasteiger partial charge in [-0.1, -0.05) is 0 Å². The third-order valence-electron chi connectivity index (χ3n) is 3.53. The second-order valence-corrected chi connectivity index (χ2v) is 5.05. The summed E-state index contributed by atoms with van der Waals surface area (Å²) >= 11 is 0. The van der Waals surface area contributed by atoms with E-state index in [9.17, 15) is 9.18 Å². The summed E-state index contributed by atoms with van der Waals surface area (Å²) < 4.78 is 13.1. The number of hydrogen-bond acceptors (Lipinski definition) is 2. The Labute approximate surface area is 119 Å². The van der Waals surface area contributed by atoms with Crippen LogP contribution in [0.3, 0.4) is 0 Å². The second-order valence-electron chi connectivity index (χ2n) is 5.05. The van der Waals surface area contributed by atoms with Gasteiger partial charge in [-0.05, 0) is 56.4 Å². The van der Waals surface area contributed by atoms with Crippen LogP contribution in [0.1, 0.15) is 41.6 Å². The highest BCUT2D eigenvalue weighted by Crippen LogP contribution is 2.17. The molecular weight excluding hydrogens is 267 g/mol. The van der Waals surface area contributed by atoms with Crippen LogP contribution in [0.15, 0.2) is 18.2 Å². The van der Waals surface area contributed by atoms with Gasteiger partial charge in [-0.2, -0.15) is 0 Å². The maximum Gasteiger partial charge on any atom is 0.251 e. The van der Waals surface area contributed by atoms with Crippen molar-refractivity contribution in [1.82, 2.24) is 5.32 Å². The molecule has 0 aromatic heterocycles. The van der Waals surface area contributed by atoms with Crippen LogP contribution in [0.4, 0.5) is 4.39 Å². The first-order valence-electron chi connectivity index (χ1n) is 6.39. The molecule has 1 aliphatic carbocycles. The van der Waals surface area contributed by atoms with E-state index < -0.39 is 0 Å². The van der Waals surface area contributed by atoms with E-state index in [2.05, 4.69) is 5.32 Å². The molecule has 5 heteroatoms. The number of halogens is 2. The Balaban J connectivity index is 0.00000180. The summed E-state index contributed by atoms with van der Waals surface area (Å²) in [6, 6.07) is 4.90. The van der Waals surface area contributed by atoms with Crippen LogP contribution >= 0.6 is 12.4 Å². The number of carbonyl (C=O) groups excluding carboxylic acids is 1. The number of nitrogens with two attached hydrogens (primary N) is 1. The Morgan fingerprint density at radius 2 is 1.95 bits per heavy atom. The van der Waals surface area contributed by atoms with Crippen LogP contribution in [-0.4, -0.2) is 18.0 Å². The fourth-order valence-corrected chi connectivity index (χ4v) is 2.32. The van der Waals surface area contributed by atoms with Gasteiger partial charge in [0, 0.05) is 17.6 Å². The molecule has 1 saturated carbocycles. The van der Waals surface area contributed by atoms with E-state index >= 15 is 0 Å². The molecule has 0 saturated heterocycles. The largest absolute Gasteiger partial charge is 0.349 e. The predicted molar refractivity (Wildman–Crippen MR) is 76.1 cm³/mol. The quantitative estimate of drug-likeness (QED) is 0.878. The minimum absolute atomic E-state index is 0. The molecule has 0 atom stereocenters. The van der Waals surface area contributed by atoms with Crippen molar-refractivity contribution >= 4 is 18.3 Å². The Morgan fingerprint density at radius 3 is 2.53 bits per heavy atom. The van der Waals surface area contributed by atoms with Gasteiger partial charge in [0.25, 0.3) is 5.91 Å². The van der Waals surface area contributed by atoms with Gasteiger partial charge in [0.05, 0.1) is 0 Å². The molecule has 0 radical (unpaired) electrons. The first-order chi connectivity index (χ1) is 8.56. The molecule has 19 heavy (non-hydrogen) atoms. The van der Waals surface area contributed by atoms with E-state index in [1.165, 1.54) is 12.1 Å². The van der Waals surface area contributed by atoms with Crippen LogP contribution in [0.2, 0.25) is 0 Å². The summed E-state index contributed by atoms with van der Waals surface area (Å²) in [6.07, 6.45) is 3.75. The van der Waals surface area contributed by atoms with E-state index in [0.29, 0.717) is 11.1 Å². The molecule has 2 rings (SSSR count). The van der Waals surface area contributed by atoms with Crippen LogP contribution < -0.4 is 11.1 Å². The van der Waals surface area contributed by atoms with Gasteiger partial charge >= 0.3 is 0 Å². The molecule has 1 aromatic rings. The standard InChI is InChI=1S/C14H19FN2O.ClH/c1-9-8-10(2-7-13(9)15)14(18)17-12-5-3-11(16)4-6-12;/h2,7-8,11-12H,3-6,16H2,1H3,(H,17,18);1H. The third kappa shape index (κ3) is 4.18. The third-order valence-corrected chi connectivity index (χ3v) is 3.53. The van der Waals surface area contributed by atoms with Crippen molar-refractivity contribution in [3.8, 4) is 0 Å². The number of amides is 1. The van der Waals surface area contributed by atoms with Crippen LogP contribution in [0.25, 0.3) is 0 Å². The molecule has 0 bridgehead atoms. The Morgan fingerprint density at radius 1 is 1.32 bits per heavy atom. The van der Waals surface area contributed by atoms with Gasteiger partial charge in [0.1, 0.15) is 5.82 Å². The molecule has 3 nitrogen and oxygen atoms in total. The predicted octanol–water partition coefficient (Wildman–Crippen LogP) is 2.56. The van der Waals surface area contributed by atoms with Crippen molar-refractivity contribution in [2.24, 2.45) is 5.73 Å². The van der Waals surface area contributed by atoms with Gasteiger partial charge < -0.3 is 11.1 Å². The number of carbonyl (C=O) groups is 1. The van der Waals surface area contributed by atoms with Gasteiger partial charge in [-0.25, -0.2) is 4.39 Å². The zero-order valence-electron chi connectivity index (χ0n) is 11.0. The van der Waals surface area contributed by atoms with Gasteiger partial charge in [-0.3, -0.25) is 4.79 Å². The fraction of sp³-hybridized carbons (Fsp3) is 0.500. The molecule has 0 heterocycles. The summed E-state index contributed by atoms with van der Waals surface area (Å²) in [5.74, 6) is -0.409. The molecule has 0 aliphatic heterocycles. The number of rotatable bonds is 2. The highest BCUT2D eigenvalue weighted by molar-refractivity contribution is 5.94. The van der Waals surface area contributed by atoms with E-state index in [0.717, 1.165) is 25.7 Å². The Kier molecular flexibility index (Phi) is 5.76. The van der Waals surface area contributed by atoms with Crippen molar-refractivity contribution < 1.29 is 9.18 Å². The molecule has 0 spiro atoms. The van der Waals surface area contributed by atoms with Gasteiger partial charge in [0.15, 0.2) is 0 Å². The van der Waals surface area contributed by atoms with Gasteiger partial charge in [-0.15, -0.1) is 12.4 Å². The minimum Gasteiger partial charge on any atom is -0.349 e. The fourth-order valence-electron chi connectivity index (χ4n) is 2.32. The molecule has 1 amide bonds. The minimum atomic E-state index is -0.282. The lowest BCUT2D eigenvalue weighted by molar-refractivity contribution is 0.0925. The molecular formula is C14H20ClFN2O. The normalized spacial score (nSPS) is 22.5. The second kappa shape index (κ2) is 6.87. The molecule has 0 unspecified atom stereocenters. The van der Waals surface area contributed by atoms with Crippen LogP contribution in [0.5, 0.6) is 0 Å². The number of hydrogen-bond donors (Lipinski definition) is 2. The summed E-state index contributed by atoms with van der Waals surface area (Å²) in [7, 11) is 0.